The van der Waals surface area contributed by atoms with Gasteiger partial charge in [-0.05, 0) is 57.2 Å². The molecule has 0 spiro atoms. The van der Waals surface area contributed by atoms with Crippen LogP contribution in [0, 0.1) is 26.7 Å². The van der Waals surface area contributed by atoms with E-state index >= 15 is 0 Å². The van der Waals surface area contributed by atoms with Crippen LogP contribution >= 0.6 is 0 Å². The fourth-order valence-corrected chi connectivity index (χ4v) is 5.55. The number of benzene rings is 1. The van der Waals surface area contributed by atoms with Crippen LogP contribution in [0.15, 0.2) is 24.5 Å². The number of hydrogen-bond acceptors (Lipinski definition) is 6. The van der Waals surface area contributed by atoms with Crippen LogP contribution in [0.25, 0.3) is 5.78 Å². The highest BCUT2D eigenvalue weighted by atomic mass is 16.2. The summed E-state index contributed by atoms with van der Waals surface area (Å²) < 4.78 is 1.86. The number of nitrogens with zero attached hydrogens (tertiary/aromatic N) is 7. The smallest absolute Gasteiger partial charge is 0.254 e. The molecule has 180 valence electrons. The number of aryl methyl sites for hydroxylation is 2. The molecule has 1 amide bonds. The third-order valence-corrected chi connectivity index (χ3v) is 7.71. The van der Waals surface area contributed by atoms with Gasteiger partial charge in [-0.25, -0.2) is 4.98 Å². The molecule has 5 rings (SSSR count). The number of rotatable bonds is 4. The Hall–Kier alpha value is -3.16. The van der Waals surface area contributed by atoms with Crippen molar-refractivity contribution in [3.8, 4) is 0 Å². The van der Waals surface area contributed by atoms with Gasteiger partial charge in [0.05, 0.1) is 0 Å². The number of aromatic nitrogens is 4. The van der Waals surface area contributed by atoms with E-state index in [1.54, 1.807) is 6.33 Å². The van der Waals surface area contributed by atoms with Gasteiger partial charge in [0.1, 0.15) is 12.1 Å². The second-order valence-electron chi connectivity index (χ2n) is 9.62. The van der Waals surface area contributed by atoms with Crippen LogP contribution in [0.2, 0.25) is 0 Å². The van der Waals surface area contributed by atoms with Gasteiger partial charge < -0.3 is 14.7 Å². The second kappa shape index (κ2) is 9.24. The molecular weight excluding hydrogens is 426 g/mol. The summed E-state index contributed by atoms with van der Waals surface area (Å²) in [5, 5.41) is 4.44. The van der Waals surface area contributed by atoms with Crippen molar-refractivity contribution in [2.75, 3.05) is 49.1 Å². The quantitative estimate of drug-likeness (QED) is 0.594. The molecule has 8 heteroatoms. The number of piperazine rings is 1. The topological polar surface area (TPSA) is 69.9 Å². The Bertz CT molecular complexity index is 1190. The molecule has 2 saturated heterocycles. The third kappa shape index (κ3) is 3.99. The molecular formula is C26H35N7O. The van der Waals surface area contributed by atoms with E-state index in [0.29, 0.717) is 11.7 Å². The minimum atomic E-state index is 0.0998. The lowest BCUT2D eigenvalue weighted by Gasteiger charge is -2.40. The van der Waals surface area contributed by atoms with Crippen molar-refractivity contribution in [3.63, 3.8) is 0 Å². The molecule has 0 radical (unpaired) electrons. The minimum Gasteiger partial charge on any atom is -0.368 e. The van der Waals surface area contributed by atoms with Crippen LogP contribution in [0.1, 0.15) is 42.1 Å². The summed E-state index contributed by atoms with van der Waals surface area (Å²) in [6, 6.07) is 6.49. The minimum absolute atomic E-state index is 0.0998. The molecule has 0 aliphatic carbocycles. The lowest BCUT2D eigenvalue weighted by atomic mass is 9.94. The van der Waals surface area contributed by atoms with E-state index in [2.05, 4.69) is 68.7 Å². The van der Waals surface area contributed by atoms with Crippen molar-refractivity contribution < 1.29 is 4.79 Å². The van der Waals surface area contributed by atoms with Crippen molar-refractivity contribution in [1.29, 1.82) is 0 Å². The molecule has 2 aromatic heterocycles. The van der Waals surface area contributed by atoms with Crippen LogP contribution in [-0.2, 0) is 11.2 Å². The van der Waals surface area contributed by atoms with Crippen LogP contribution in [-0.4, -0.2) is 69.7 Å². The fourth-order valence-electron chi connectivity index (χ4n) is 5.55. The Morgan fingerprint density at radius 2 is 1.74 bits per heavy atom. The molecule has 0 bridgehead atoms. The van der Waals surface area contributed by atoms with Crippen LogP contribution in [0.4, 0.5) is 11.5 Å². The molecule has 0 atom stereocenters. The number of amides is 1. The van der Waals surface area contributed by atoms with Crippen molar-refractivity contribution in [2.45, 2.75) is 47.0 Å². The van der Waals surface area contributed by atoms with Gasteiger partial charge in [-0.2, -0.15) is 14.6 Å². The highest BCUT2D eigenvalue weighted by Gasteiger charge is 2.32. The van der Waals surface area contributed by atoms with Crippen LogP contribution in [0.5, 0.6) is 0 Å². The van der Waals surface area contributed by atoms with Gasteiger partial charge in [-0.1, -0.05) is 19.1 Å². The Morgan fingerprint density at radius 1 is 1.00 bits per heavy atom. The summed E-state index contributed by atoms with van der Waals surface area (Å²) >= 11 is 0. The zero-order valence-electron chi connectivity index (χ0n) is 20.8. The van der Waals surface area contributed by atoms with Crippen LogP contribution in [0.3, 0.4) is 0 Å². The number of carbonyl (C=O) groups excluding carboxylic acids is 1. The largest absolute Gasteiger partial charge is 0.368 e. The maximum absolute atomic E-state index is 13.4. The van der Waals surface area contributed by atoms with E-state index < -0.39 is 0 Å². The van der Waals surface area contributed by atoms with E-state index in [-0.39, 0.29) is 5.92 Å². The van der Waals surface area contributed by atoms with E-state index in [4.69, 9.17) is 0 Å². The zero-order valence-corrected chi connectivity index (χ0v) is 20.8. The van der Waals surface area contributed by atoms with Crippen molar-refractivity contribution in [1.82, 2.24) is 24.5 Å². The molecule has 4 heterocycles. The first kappa shape index (κ1) is 22.6. The Balaban J connectivity index is 1.22. The number of fused-ring (bicyclic) bond motifs is 1. The second-order valence-corrected chi connectivity index (χ2v) is 9.62. The lowest BCUT2D eigenvalue weighted by molar-refractivity contribution is -0.136. The molecule has 0 N–H and O–H groups in total. The van der Waals surface area contributed by atoms with E-state index in [9.17, 15) is 4.79 Å². The fraction of sp³-hybridized carbons (Fsp3) is 0.538. The van der Waals surface area contributed by atoms with Gasteiger partial charge in [-0.15, -0.1) is 0 Å². The standard InChI is InChI=1S/C26H35N7O/c1-5-22-20(4)29-26-27-17-28-33(26)24(22)31-11-9-21(10-12-31)25(34)32-15-13-30(14-16-32)23-8-6-7-18(2)19(23)3/h6-8,17,21H,5,9-16H2,1-4H3. The predicted octanol–water partition coefficient (Wildman–Crippen LogP) is 3.18. The highest BCUT2D eigenvalue weighted by Crippen LogP contribution is 2.30. The molecule has 2 aliphatic rings. The predicted molar refractivity (Wildman–Crippen MR) is 135 cm³/mol. The Kier molecular flexibility index (Phi) is 6.15. The molecule has 2 fully saturated rings. The molecule has 0 unspecified atom stereocenters. The normalized spacial score (nSPS) is 17.6. The molecule has 3 aromatic rings. The summed E-state index contributed by atoms with van der Waals surface area (Å²) in [7, 11) is 0. The monoisotopic (exact) mass is 461 g/mol. The molecule has 0 saturated carbocycles. The molecule has 8 nitrogen and oxygen atoms in total. The van der Waals surface area contributed by atoms with Crippen molar-refractivity contribution in [3.05, 3.63) is 46.9 Å². The Morgan fingerprint density at radius 3 is 2.44 bits per heavy atom. The average Bonchev–Trinajstić information content (AvgIpc) is 3.32. The first-order valence-corrected chi connectivity index (χ1v) is 12.5. The molecule has 34 heavy (non-hydrogen) atoms. The lowest BCUT2D eigenvalue weighted by Crippen LogP contribution is -2.52. The summed E-state index contributed by atoms with van der Waals surface area (Å²) in [5.74, 6) is 2.16. The number of hydrogen-bond donors (Lipinski definition) is 0. The average molecular weight is 462 g/mol. The molecule has 2 aliphatic heterocycles. The summed E-state index contributed by atoms with van der Waals surface area (Å²) in [6.45, 7) is 13.7. The van der Waals surface area contributed by atoms with Crippen LogP contribution < -0.4 is 9.80 Å². The van der Waals surface area contributed by atoms with Gasteiger partial charge in [0.25, 0.3) is 5.78 Å². The highest BCUT2D eigenvalue weighted by molar-refractivity contribution is 5.79. The zero-order chi connectivity index (χ0) is 23.8. The number of carbonyl (C=O) groups is 1. The summed E-state index contributed by atoms with van der Waals surface area (Å²) in [5.41, 5.74) is 6.19. The van der Waals surface area contributed by atoms with Gasteiger partial charge >= 0.3 is 0 Å². The number of piperidine rings is 1. The summed E-state index contributed by atoms with van der Waals surface area (Å²) in [6.07, 6.45) is 4.21. The van der Waals surface area contributed by atoms with Crippen molar-refractivity contribution in [2.24, 2.45) is 5.92 Å². The molecule has 1 aromatic carbocycles. The van der Waals surface area contributed by atoms with Gasteiger partial charge in [-0.3, -0.25) is 4.79 Å². The van der Waals surface area contributed by atoms with E-state index in [1.165, 1.54) is 22.4 Å². The van der Waals surface area contributed by atoms with E-state index in [0.717, 1.165) is 70.0 Å². The van der Waals surface area contributed by atoms with Gasteiger partial charge in [0.15, 0.2) is 0 Å². The Labute approximate surface area is 201 Å². The maximum atomic E-state index is 13.4. The SMILES string of the molecule is CCc1c(C)nc2ncnn2c1N1CCC(C(=O)N2CCN(c3cccc(C)c3C)CC2)CC1. The van der Waals surface area contributed by atoms with Gasteiger partial charge in [0, 0.05) is 62.1 Å². The van der Waals surface area contributed by atoms with Gasteiger partial charge in [0.2, 0.25) is 5.91 Å². The maximum Gasteiger partial charge on any atom is 0.254 e. The van der Waals surface area contributed by atoms with E-state index in [1.807, 2.05) is 11.4 Å². The van der Waals surface area contributed by atoms with Crippen molar-refractivity contribution >= 4 is 23.2 Å². The summed E-state index contributed by atoms with van der Waals surface area (Å²) in [4.78, 5) is 29.2. The first-order valence-electron chi connectivity index (χ1n) is 12.5. The number of anilines is 2. The third-order valence-electron chi connectivity index (χ3n) is 7.71. The first-order chi connectivity index (χ1) is 16.5.